The number of benzene rings is 1. The summed E-state index contributed by atoms with van der Waals surface area (Å²) < 4.78 is 47.6. The summed E-state index contributed by atoms with van der Waals surface area (Å²) in [4.78, 5) is 2.03. The van der Waals surface area contributed by atoms with Gasteiger partial charge in [0.1, 0.15) is 0 Å². The molecule has 1 aromatic rings. The highest BCUT2D eigenvalue weighted by atomic mass is 32.2. The molecule has 0 saturated carbocycles. The first-order valence-corrected chi connectivity index (χ1v) is 9.80. The van der Waals surface area contributed by atoms with Crippen LogP contribution in [0.1, 0.15) is 12.0 Å². The van der Waals surface area contributed by atoms with Crippen LogP contribution in [0.4, 0.5) is 10.1 Å². The maximum atomic E-state index is 14.1. The van der Waals surface area contributed by atoms with E-state index in [4.69, 9.17) is 10.5 Å². The highest BCUT2D eigenvalue weighted by Crippen LogP contribution is 2.24. The molecule has 2 fully saturated rings. The molecule has 25 heavy (non-hydrogen) atoms. The van der Waals surface area contributed by atoms with Crippen molar-refractivity contribution in [2.75, 3.05) is 46.4 Å². The van der Waals surface area contributed by atoms with Gasteiger partial charge in [0.05, 0.1) is 12.3 Å². The zero-order valence-corrected chi connectivity index (χ0v) is 15.1. The molecule has 3 rings (SSSR count). The Labute approximate surface area is 148 Å². The number of nitrogens with one attached hydrogen (secondary N) is 1. The standard InChI is InChI=1S/C16H24FN4O3S/c1-24-12-14-11-21(25(22,23)20-6-3-7-20)9-8-19(14)10-13-4-2-5-15(18)16(13)17/h2,4-5,14,18H,3,6-12H2,1H3/t14-/m0/s1. The van der Waals surface area contributed by atoms with E-state index < -0.39 is 16.0 Å². The van der Waals surface area contributed by atoms with Crippen LogP contribution in [0, 0.1) is 5.82 Å². The predicted molar refractivity (Wildman–Crippen MR) is 91.9 cm³/mol. The molecule has 0 bridgehead atoms. The molecule has 2 aliphatic heterocycles. The molecule has 139 valence electrons. The third-order valence-electron chi connectivity index (χ3n) is 4.85. The van der Waals surface area contributed by atoms with Gasteiger partial charge < -0.3 is 4.74 Å². The molecule has 7 nitrogen and oxygen atoms in total. The Bertz CT molecular complexity index is 711. The van der Waals surface area contributed by atoms with Gasteiger partial charge in [0.25, 0.3) is 10.2 Å². The highest BCUT2D eigenvalue weighted by molar-refractivity contribution is 7.86. The predicted octanol–water partition coefficient (Wildman–Crippen LogP) is 0.823. The molecule has 2 heterocycles. The minimum absolute atomic E-state index is 0.125. The van der Waals surface area contributed by atoms with Gasteiger partial charge in [0, 0.05) is 58.0 Å². The largest absolute Gasteiger partial charge is 0.383 e. The summed E-state index contributed by atoms with van der Waals surface area (Å²) in [5.41, 5.74) is 7.91. The number of methoxy groups -OCH3 is 1. The third-order valence-corrected chi connectivity index (χ3v) is 6.85. The topological polar surface area (TPSA) is 76.9 Å². The van der Waals surface area contributed by atoms with Crippen LogP contribution < -0.4 is 5.73 Å². The summed E-state index contributed by atoms with van der Waals surface area (Å²) in [6.07, 6.45) is 0.906. The molecular weight excluding hydrogens is 347 g/mol. The van der Waals surface area contributed by atoms with Crippen molar-refractivity contribution in [3.05, 3.63) is 29.6 Å². The molecule has 0 aromatic heterocycles. The van der Waals surface area contributed by atoms with Gasteiger partial charge in [-0.25, -0.2) is 4.39 Å². The van der Waals surface area contributed by atoms with E-state index in [-0.39, 0.29) is 11.7 Å². The first-order chi connectivity index (χ1) is 11.9. The molecule has 9 heteroatoms. The van der Waals surface area contributed by atoms with Gasteiger partial charge in [-0.1, -0.05) is 12.1 Å². The summed E-state index contributed by atoms with van der Waals surface area (Å²) >= 11 is 0. The van der Waals surface area contributed by atoms with Crippen molar-refractivity contribution in [2.24, 2.45) is 0 Å². The summed E-state index contributed by atoms with van der Waals surface area (Å²) in [5.74, 6) is -0.519. The number of hydrogen-bond donors (Lipinski definition) is 0. The lowest BCUT2D eigenvalue weighted by molar-refractivity contribution is 0.0425. The Morgan fingerprint density at radius 1 is 1.24 bits per heavy atom. The Balaban J connectivity index is 1.72. The van der Waals surface area contributed by atoms with E-state index in [1.807, 2.05) is 4.90 Å². The second kappa shape index (κ2) is 7.55. The molecule has 0 spiro atoms. The minimum atomic E-state index is -3.41. The molecule has 0 amide bonds. The number of ether oxygens (including phenoxy) is 1. The molecule has 0 unspecified atom stereocenters. The van der Waals surface area contributed by atoms with Crippen LogP contribution in [-0.2, 0) is 21.5 Å². The van der Waals surface area contributed by atoms with Crippen molar-refractivity contribution in [3.63, 3.8) is 0 Å². The Kier molecular flexibility index (Phi) is 5.59. The van der Waals surface area contributed by atoms with Gasteiger partial charge in [-0.2, -0.15) is 17.0 Å². The molecule has 1 atom stereocenters. The summed E-state index contributed by atoms with van der Waals surface area (Å²) in [7, 11) is -1.83. The molecule has 0 aliphatic carbocycles. The van der Waals surface area contributed by atoms with Gasteiger partial charge in [0.2, 0.25) is 0 Å². The number of nitrogens with zero attached hydrogens (tertiary/aromatic N) is 3. The van der Waals surface area contributed by atoms with E-state index in [2.05, 4.69) is 0 Å². The lowest BCUT2D eigenvalue weighted by Gasteiger charge is -2.43. The van der Waals surface area contributed by atoms with Gasteiger partial charge in [-0.3, -0.25) is 10.6 Å². The first kappa shape index (κ1) is 18.5. The van der Waals surface area contributed by atoms with E-state index in [0.29, 0.717) is 51.4 Å². The van der Waals surface area contributed by atoms with Crippen LogP contribution >= 0.6 is 0 Å². The van der Waals surface area contributed by atoms with Crippen molar-refractivity contribution in [2.45, 2.75) is 19.0 Å². The SMILES string of the molecule is COC[C@@H]1CN(S(=O)(=O)N2CCC2)CCN1Cc1cccc([NH])c1F. The maximum absolute atomic E-state index is 14.1. The number of halogens is 1. The molecule has 2 saturated heterocycles. The average Bonchev–Trinajstić information content (AvgIpc) is 2.51. The van der Waals surface area contributed by atoms with E-state index in [1.165, 1.54) is 14.7 Å². The molecule has 2 aliphatic rings. The van der Waals surface area contributed by atoms with Gasteiger partial charge >= 0.3 is 0 Å². The summed E-state index contributed by atoms with van der Waals surface area (Å²) in [6.45, 7) is 3.08. The summed E-state index contributed by atoms with van der Waals surface area (Å²) in [6, 6.07) is 4.60. The van der Waals surface area contributed by atoms with Gasteiger partial charge in [-0.05, 0) is 12.5 Å². The Hall–Kier alpha value is -1.26. The van der Waals surface area contributed by atoms with Crippen LogP contribution in [0.3, 0.4) is 0 Å². The van der Waals surface area contributed by atoms with Crippen LogP contribution in [-0.4, -0.2) is 74.4 Å². The normalized spacial score (nSPS) is 23.5. The smallest absolute Gasteiger partial charge is 0.282 e. The molecule has 1 aromatic carbocycles. The van der Waals surface area contributed by atoms with E-state index in [9.17, 15) is 12.8 Å². The Morgan fingerprint density at radius 2 is 2.00 bits per heavy atom. The fourth-order valence-corrected chi connectivity index (χ4v) is 4.95. The zero-order chi connectivity index (χ0) is 18.0. The van der Waals surface area contributed by atoms with Gasteiger partial charge in [0.15, 0.2) is 5.82 Å². The monoisotopic (exact) mass is 371 g/mol. The molecular formula is C16H24FN4O3S. The molecule has 1 N–H and O–H groups in total. The van der Waals surface area contributed by atoms with Crippen molar-refractivity contribution in [3.8, 4) is 0 Å². The highest BCUT2D eigenvalue weighted by Gasteiger charge is 2.38. The van der Waals surface area contributed by atoms with Crippen molar-refractivity contribution >= 4 is 15.9 Å². The van der Waals surface area contributed by atoms with E-state index in [0.717, 1.165) is 6.42 Å². The fraction of sp³-hybridized carbons (Fsp3) is 0.625. The van der Waals surface area contributed by atoms with E-state index in [1.54, 1.807) is 19.2 Å². The van der Waals surface area contributed by atoms with Crippen LogP contribution in [0.2, 0.25) is 0 Å². The number of rotatable bonds is 6. The number of hydrogen-bond acceptors (Lipinski definition) is 4. The van der Waals surface area contributed by atoms with Crippen molar-refractivity contribution in [1.82, 2.24) is 19.2 Å². The summed E-state index contributed by atoms with van der Waals surface area (Å²) in [5, 5.41) is 0. The molecule has 1 radical (unpaired) electrons. The minimum Gasteiger partial charge on any atom is -0.383 e. The van der Waals surface area contributed by atoms with Crippen molar-refractivity contribution in [1.29, 1.82) is 0 Å². The second-order valence-electron chi connectivity index (χ2n) is 6.48. The van der Waals surface area contributed by atoms with Crippen LogP contribution in [0.25, 0.3) is 0 Å². The van der Waals surface area contributed by atoms with Crippen LogP contribution in [0.5, 0.6) is 0 Å². The van der Waals surface area contributed by atoms with Crippen molar-refractivity contribution < 1.29 is 17.5 Å². The quantitative estimate of drug-likeness (QED) is 0.742. The third kappa shape index (κ3) is 3.80. The zero-order valence-electron chi connectivity index (χ0n) is 14.3. The fourth-order valence-electron chi connectivity index (χ4n) is 3.23. The first-order valence-electron chi connectivity index (χ1n) is 8.40. The van der Waals surface area contributed by atoms with E-state index >= 15 is 0 Å². The van der Waals surface area contributed by atoms with Gasteiger partial charge in [-0.15, -0.1) is 0 Å². The van der Waals surface area contributed by atoms with Crippen LogP contribution in [0.15, 0.2) is 18.2 Å². The second-order valence-corrected chi connectivity index (χ2v) is 8.41. The lowest BCUT2D eigenvalue weighted by Crippen LogP contribution is -2.60. The maximum Gasteiger partial charge on any atom is 0.282 e. The Morgan fingerprint density at radius 3 is 2.64 bits per heavy atom. The lowest BCUT2D eigenvalue weighted by atomic mass is 10.1. The average molecular weight is 371 g/mol. The number of piperazine rings is 1.